The van der Waals surface area contributed by atoms with Gasteiger partial charge in [0.15, 0.2) is 6.10 Å². The summed E-state index contributed by atoms with van der Waals surface area (Å²) in [5, 5.41) is 5.08. The third kappa shape index (κ3) is 4.08. The molecule has 1 aromatic rings. The average Bonchev–Trinajstić information content (AvgIpc) is 2.91. The van der Waals surface area contributed by atoms with Gasteiger partial charge in [-0.3, -0.25) is 19.3 Å². The second-order valence-corrected chi connectivity index (χ2v) is 7.54. The summed E-state index contributed by atoms with van der Waals surface area (Å²) in [5.41, 5.74) is -1.01. The van der Waals surface area contributed by atoms with Crippen molar-refractivity contribution in [2.24, 2.45) is 5.92 Å². The highest BCUT2D eigenvalue weighted by Gasteiger charge is 2.55. The number of halogens is 1. The van der Waals surface area contributed by atoms with Crippen LogP contribution in [0.25, 0.3) is 0 Å². The molecule has 1 aromatic carbocycles. The summed E-state index contributed by atoms with van der Waals surface area (Å²) >= 11 is 0. The van der Waals surface area contributed by atoms with E-state index in [0.717, 1.165) is 24.2 Å². The largest absolute Gasteiger partial charge is 0.451 e. The zero-order valence-corrected chi connectivity index (χ0v) is 16.4. The maximum Gasteiger partial charge on any atom is 0.327 e. The van der Waals surface area contributed by atoms with Crippen molar-refractivity contribution in [2.45, 2.75) is 51.2 Å². The Kier molecular flexibility index (Phi) is 5.86. The zero-order valence-electron chi connectivity index (χ0n) is 16.4. The molecular weight excluding hydrogens is 381 g/mol. The van der Waals surface area contributed by atoms with E-state index in [1.807, 2.05) is 6.92 Å². The maximum atomic E-state index is 13.6. The molecule has 4 amide bonds. The lowest BCUT2D eigenvalue weighted by molar-refractivity contribution is -0.155. The minimum Gasteiger partial charge on any atom is -0.451 e. The second-order valence-electron chi connectivity index (χ2n) is 7.54. The summed E-state index contributed by atoms with van der Waals surface area (Å²) in [4.78, 5) is 50.4. The van der Waals surface area contributed by atoms with Gasteiger partial charge in [0.05, 0.1) is 5.69 Å². The molecule has 1 saturated heterocycles. The van der Waals surface area contributed by atoms with Crippen LogP contribution >= 0.6 is 0 Å². The van der Waals surface area contributed by atoms with Gasteiger partial charge in [0.25, 0.3) is 11.8 Å². The summed E-state index contributed by atoms with van der Waals surface area (Å²) in [6.07, 6.45) is 1.93. The molecule has 2 aliphatic rings. The first-order chi connectivity index (χ1) is 13.7. The highest BCUT2D eigenvalue weighted by molar-refractivity contribution is 6.09. The fourth-order valence-corrected chi connectivity index (χ4v) is 3.85. The molecule has 9 heteroatoms. The molecule has 1 heterocycles. The third-order valence-electron chi connectivity index (χ3n) is 5.60. The molecule has 1 aliphatic carbocycles. The molecular formula is C20H24FN3O5. The predicted octanol–water partition coefficient (Wildman–Crippen LogP) is 2.20. The number of hydrogen-bond acceptors (Lipinski definition) is 5. The van der Waals surface area contributed by atoms with Gasteiger partial charge in [-0.2, -0.15) is 0 Å². The van der Waals surface area contributed by atoms with Crippen molar-refractivity contribution in [1.82, 2.24) is 10.2 Å². The third-order valence-corrected chi connectivity index (χ3v) is 5.60. The Balaban J connectivity index is 1.58. The number of nitrogens with zero attached hydrogens (tertiary/aromatic N) is 1. The molecule has 0 unspecified atom stereocenters. The molecule has 156 valence electrons. The number of para-hydroxylation sites is 1. The van der Waals surface area contributed by atoms with Gasteiger partial charge in [-0.1, -0.05) is 31.9 Å². The molecule has 0 bridgehead atoms. The van der Waals surface area contributed by atoms with Crippen LogP contribution in [0, 0.1) is 11.7 Å². The Morgan fingerprint density at radius 3 is 2.76 bits per heavy atom. The van der Waals surface area contributed by atoms with E-state index in [9.17, 15) is 23.6 Å². The van der Waals surface area contributed by atoms with Crippen LogP contribution in [0.4, 0.5) is 14.9 Å². The number of imide groups is 1. The van der Waals surface area contributed by atoms with Crippen molar-refractivity contribution < 1.29 is 28.3 Å². The Morgan fingerprint density at radius 1 is 1.34 bits per heavy atom. The van der Waals surface area contributed by atoms with E-state index in [-0.39, 0.29) is 11.6 Å². The number of urea groups is 1. The minimum atomic E-state index is -1.23. The molecule has 2 fully saturated rings. The van der Waals surface area contributed by atoms with E-state index >= 15 is 0 Å². The predicted molar refractivity (Wildman–Crippen MR) is 101 cm³/mol. The van der Waals surface area contributed by atoms with Crippen LogP contribution in [0.15, 0.2) is 24.3 Å². The summed E-state index contributed by atoms with van der Waals surface area (Å²) in [5.74, 6) is -2.71. The maximum absolute atomic E-state index is 13.6. The smallest absolute Gasteiger partial charge is 0.327 e. The molecule has 3 rings (SSSR count). The molecule has 1 aliphatic heterocycles. The van der Waals surface area contributed by atoms with Crippen molar-refractivity contribution in [3.63, 3.8) is 0 Å². The second kappa shape index (κ2) is 8.18. The van der Waals surface area contributed by atoms with E-state index in [0.29, 0.717) is 6.42 Å². The molecule has 1 saturated carbocycles. The van der Waals surface area contributed by atoms with Crippen LogP contribution < -0.4 is 10.6 Å². The average molecular weight is 405 g/mol. The Morgan fingerprint density at radius 2 is 2.07 bits per heavy atom. The van der Waals surface area contributed by atoms with E-state index in [1.54, 1.807) is 6.07 Å². The fraction of sp³-hybridized carbons (Fsp3) is 0.500. The number of rotatable bonds is 5. The summed E-state index contributed by atoms with van der Waals surface area (Å²) in [7, 11) is 0. The van der Waals surface area contributed by atoms with Gasteiger partial charge in [-0.15, -0.1) is 0 Å². The number of amides is 4. The molecule has 8 nitrogen and oxygen atoms in total. The summed E-state index contributed by atoms with van der Waals surface area (Å²) in [6.45, 7) is 2.65. The number of anilines is 1. The monoisotopic (exact) mass is 405 g/mol. The van der Waals surface area contributed by atoms with Crippen molar-refractivity contribution in [1.29, 1.82) is 0 Å². The zero-order chi connectivity index (χ0) is 21.2. The van der Waals surface area contributed by atoms with Crippen LogP contribution in [-0.2, 0) is 19.1 Å². The van der Waals surface area contributed by atoms with Crippen molar-refractivity contribution in [3.8, 4) is 0 Å². The van der Waals surface area contributed by atoms with E-state index in [2.05, 4.69) is 10.6 Å². The fourth-order valence-electron chi connectivity index (χ4n) is 3.85. The van der Waals surface area contributed by atoms with Gasteiger partial charge < -0.3 is 15.4 Å². The van der Waals surface area contributed by atoms with Crippen LogP contribution in [0.3, 0.4) is 0 Å². The SMILES string of the molecule is C[C@H](OC(=O)CN1C(=O)N[C@]2(CCCC[C@@H]2C)C1=O)C(=O)Nc1ccccc1F. The molecule has 1 spiro atoms. The van der Waals surface area contributed by atoms with Crippen molar-refractivity contribution in [3.05, 3.63) is 30.1 Å². The molecule has 29 heavy (non-hydrogen) atoms. The van der Waals surface area contributed by atoms with Gasteiger partial charge in [0, 0.05) is 0 Å². The van der Waals surface area contributed by atoms with Gasteiger partial charge in [0.1, 0.15) is 17.9 Å². The van der Waals surface area contributed by atoms with E-state index in [1.165, 1.54) is 25.1 Å². The first-order valence-corrected chi connectivity index (χ1v) is 9.63. The van der Waals surface area contributed by atoms with Crippen LogP contribution in [0.5, 0.6) is 0 Å². The highest BCUT2D eigenvalue weighted by atomic mass is 19.1. The number of ether oxygens (including phenoxy) is 1. The normalized spacial score (nSPS) is 24.9. The number of esters is 1. The van der Waals surface area contributed by atoms with Crippen molar-refractivity contribution >= 4 is 29.5 Å². The standard InChI is InChI=1S/C20H24FN3O5/c1-12-7-5-6-10-20(12)18(27)24(19(28)23-20)11-16(25)29-13(2)17(26)22-15-9-4-3-8-14(15)21/h3-4,8-9,12-13H,5-7,10-11H2,1-2H3,(H,22,26)(H,23,28)/t12-,13-,20-/m0/s1. The first-order valence-electron chi connectivity index (χ1n) is 9.63. The quantitative estimate of drug-likeness (QED) is 0.577. The summed E-state index contributed by atoms with van der Waals surface area (Å²) < 4.78 is 18.7. The first kappa shape index (κ1) is 20.8. The lowest BCUT2D eigenvalue weighted by Gasteiger charge is -2.36. The minimum absolute atomic E-state index is 0.0285. The summed E-state index contributed by atoms with van der Waals surface area (Å²) in [6, 6.07) is 4.96. The van der Waals surface area contributed by atoms with E-state index in [4.69, 9.17) is 4.74 Å². The number of carbonyl (C=O) groups is 4. The van der Waals surface area contributed by atoms with Crippen LogP contribution in [0.1, 0.15) is 39.5 Å². The molecule has 3 atom stereocenters. The van der Waals surface area contributed by atoms with Gasteiger partial charge in [0.2, 0.25) is 0 Å². The van der Waals surface area contributed by atoms with Crippen molar-refractivity contribution in [2.75, 3.05) is 11.9 Å². The van der Waals surface area contributed by atoms with E-state index < -0.39 is 47.8 Å². The van der Waals surface area contributed by atoms with Gasteiger partial charge in [-0.25, -0.2) is 9.18 Å². The number of nitrogens with one attached hydrogen (secondary N) is 2. The molecule has 2 N–H and O–H groups in total. The number of benzene rings is 1. The highest BCUT2D eigenvalue weighted by Crippen LogP contribution is 2.38. The molecule has 0 aromatic heterocycles. The lowest BCUT2D eigenvalue weighted by atomic mass is 9.73. The topological polar surface area (TPSA) is 105 Å². The Bertz CT molecular complexity index is 845. The number of hydrogen-bond donors (Lipinski definition) is 2. The number of carbonyl (C=O) groups excluding carboxylic acids is 4. The molecule has 0 radical (unpaired) electrons. The lowest BCUT2D eigenvalue weighted by Crippen LogP contribution is -2.54. The van der Waals surface area contributed by atoms with Crippen LogP contribution in [-0.4, -0.2) is 46.9 Å². The Hall–Kier alpha value is -2.97. The van der Waals surface area contributed by atoms with Gasteiger partial charge >= 0.3 is 12.0 Å². The van der Waals surface area contributed by atoms with Crippen LogP contribution in [0.2, 0.25) is 0 Å². The van der Waals surface area contributed by atoms with Gasteiger partial charge in [-0.05, 0) is 37.8 Å². The Labute approximate surface area is 167 Å².